The van der Waals surface area contributed by atoms with E-state index in [1.807, 2.05) is 6.92 Å². The van der Waals surface area contributed by atoms with Crippen LogP contribution in [0.25, 0.3) is 22.1 Å². The minimum atomic E-state index is -0.557. The van der Waals surface area contributed by atoms with Crippen LogP contribution in [0.15, 0.2) is 45.6 Å². The van der Waals surface area contributed by atoms with Gasteiger partial charge in [-0.15, -0.1) is 0 Å². The van der Waals surface area contributed by atoms with Crippen molar-refractivity contribution in [1.82, 2.24) is 0 Å². The molecule has 23 heavy (non-hydrogen) atoms. The lowest BCUT2D eigenvalue weighted by atomic mass is 10.0. The number of fused-ring (bicyclic) bond motifs is 1. The Morgan fingerprint density at radius 2 is 2.00 bits per heavy atom. The molecule has 0 saturated heterocycles. The summed E-state index contributed by atoms with van der Waals surface area (Å²) in [5.74, 6) is 0.362. The van der Waals surface area contributed by atoms with Crippen LogP contribution in [0.2, 0.25) is 5.02 Å². The first-order valence-corrected chi connectivity index (χ1v) is 7.55. The molecule has 3 aromatic rings. The maximum atomic E-state index is 14.2. The fourth-order valence-corrected chi connectivity index (χ4v) is 2.83. The second-order valence-corrected chi connectivity index (χ2v) is 5.46. The first kappa shape index (κ1) is 15.6. The van der Waals surface area contributed by atoms with Crippen LogP contribution < -0.4 is 10.2 Å². The van der Waals surface area contributed by atoms with E-state index in [0.717, 1.165) is 0 Å². The van der Waals surface area contributed by atoms with Gasteiger partial charge in [0.15, 0.2) is 0 Å². The Balaban J connectivity index is 2.32. The van der Waals surface area contributed by atoms with Gasteiger partial charge in [0.05, 0.1) is 22.6 Å². The van der Waals surface area contributed by atoms with Crippen LogP contribution in [0.3, 0.4) is 0 Å². The molecule has 5 heteroatoms. The number of halogens is 2. The van der Waals surface area contributed by atoms with E-state index >= 15 is 0 Å². The lowest BCUT2D eigenvalue weighted by Gasteiger charge is -2.10. The topological polar surface area (TPSA) is 39.4 Å². The van der Waals surface area contributed by atoms with Crippen LogP contribution in [-0.4, -0.2) is 6.61 Å². The fourth-order valence-electron chi connectivity index (χ4n) is 2.57. The number of hydrogen-bond donors (Lipinski definition) is 0. The normalized spacial score (nSPS) is 11.0. The van der Waals surface area contributed by atoms with Gasteiger partial charge in [-0.1, -0.05) is 17.7 Å². The van der Waals surface area contributed by atoms with Crippen molar-refractivity contribution in [3.63, 3.8) is 0 Å². The van der Waals surface area contributed by atoms with Gasteiger partial charge in [-0.25, -0.2) is 4.39 Å². The molecule has 0 radical (unpaired) electrons. The van der Waals surface area contributed by atoms with Crippen molar-refractivity contribution in [3.8, 4) is 16.9 Å². The Hall–Kier alpha value is -2.33. The van der Waals surface area contributed by atoms with Crippen molar-refractivity contribution in [1.29, 1.82) is 0 Å². The smallest absolute Gasteiger partial charge is 0.200 e. The van der Waals surface area contributed by atoms with Crippen molar-refractivity contribution in [2.75, 3.05) is 6.61 Å². The van der Waals surface area contributed by atoms with E-state index in [-0.39, 0.29) is 21.6 Å². The van der Waals surface area contributed by atoms with Gasteiger partial charge in [0.1, 0.15) is 22.9 Å². The fraction of sp³-hybridized carbons (Fsp3) is 0.167. The van der Waals surface area contributed by atoms with Crippen molar-refractivity contribution >= 4 is 22.6 Å². The molecule has 0 N–H and O–H groups in total. The van der Waals surface area contributed by atoms with E-state index < -0.39 is 5.82 Å². The maximum absolute atomic E-state index is 14.2. The van der Waals surface area contributed by atoms with Crippen LogP contribution in [-0.2, 0) is 0 Å². The van der Waals surface area contributed by atoms with Crippen LogP contribution in [0.4, 0.5) is 4.39 Å². The van der Waals surface area contributed by atoms with Gasteiger partial charge in [0.2, 0.25) is 5.43 Å². The third-order valence-corrected chi connectivity index (χ3v) is 3.88. The molecule has 0 spiro atoms. The molecule has 0 fully saturated rings. The van der Waals surface area contributed by atoms with Gasteiger partial charge < -0.3 is 9.15 Å². The molecular weight excluding hydrogens is 319 g/mol. The maximum Gasteiger partial charge on any atom is 0.200 e. The zero-order valence-corrected chi connectivity index (χ0v) is 13.4. The predicted octanol–water partition coefficient (Wildman–Crippen LogP) is 4.96. The Morgan fingerprint density at radius 3 is 2.70 bits per heavy atom. The van der Waals surface area contributed by atoms with E-state index in [1.54, 1.807) is 31.2 Å². The lowest BCUT2D eigenvalue weighted by molar-refractivity contribution is 0.340. The summed E-state index contributed by atoms with van der Waals surface area (Å²) in [5, 5.41) is 0.527. The molecule has 3 rings (SSSR count). The molecule has 0 unspecified atom stereocenters. The summed E-state index contributed by atoms with van der Waals surface area (Å²) >= 11 is 6.09. The van der Waals surface area contributed by atoms with Gasteiger partial charge in [0, 0.05) is 11.6 Å². The summed E-state index contributed by atoms with van der Waals surface area (Å²) in [6.07, 6.45) is 0. The summed E-state index contributed by atoms with van der Waals surface area (Å²) in [7, 11) is 0. The molecule has 0 atom stereocenters. The lowest BCUT2D eigenvalue weighted by Crippen LogP contribution is -2.09. The van der Waals surface area contributed by atoms with Gasteiger partial charge in [-0.3, -0.25) is 4.79 Å². The SMILES string of the molecule is CCOc1ccc2c(=O)c(-c3c(F)cccc3Cl)c(C)oc2c1. The Kier molecular flexibility index (Phi) is 4.09. The van der Waals surface area contributed by atoms with Crippen LogP contribution in [0.5, 0.6) is 5.75 Å². The van der Waals surface area contributed by atoms with E-state index in [0.29, 0.717) is 29.1 Å². The monoisotopic (exact) mass is 332 g/mol. The number of ether oxygens (including phenoxy) is 1. The van der Waals surface area contributed by atoms with Crippen molar-refractivity contribution in [3.05, 3.63) is 63.2 Å². The molecule has 0 saturated carbocycles. The third-order valence-electron chi connectivity index (χ3n) is 3.56. The molecule has 0 bridgehead atoms. The van der Waals surface area contributed by atoms with Crippen molar-refractivity contribution in [2.45, 2.75) is 13.8 Å². The van der Waals surface area contributed by atoms with Gasteiger partial charge in [0.25, 0.3) is 0 Å². The number of rotatable bonds is 3. The van der Waals surface area contributed by atoms with E-state index in [9.17, 15) is 9.18 Å². The van der Waals surface area contributed by atoms with Gasteiger partial charge >= 0.3 is 0 Å². The van der Waals surface area contributed by atoms with Crippen LogP contribution >= 0.6 is 11.6 Å². The zero-order valence-electron chi connectivity index (χ0n) is 12.7. The first-order valence-electron chi connectivity index (χ1n) is 7.17. The summed E-state index contributed by atoms with van der Waals surface area (Å²) in [6, 6.07) is 9.26. The van der Waals surface area contributed by atoms with Crippen molar-refractivity contribution < 1.29 is 13.5 Å². The highest BCUT2D eigenvalue weighted by atomic mass is 35.5. The van der Waals surface area contributed by atoms with E-state index in [1.165, 1.54) is 12.1 Å². The second kappa shape index (κ2) is 6.05. The number of aryl methyl sites for hydroxylation is 1. The summed E-state index contributed by atoms with van der Waals surface area (Å²) < 4.78 is 25.3. The Morgan fingerprint density at radius 1 is 1.22 bits per heavy atom. The molecule has 1 heterocycles. The quantitative estimate of drug-likeness (QED) is 0.680. The summed E-state index contributed by atoms with van der Waals surface area (Å²) in [5.41, 5.74) is 0.287. The summed E-state index contributed by atoms with van der Waals surface area (Å²) in [4.78, 5) is 12.8. The molecule has 0 aliphatic carbocycles. The average molecular weight is 333 g/mol. The minimum absolute atomic E-state index is 0.0659. The summed E-state index contributed by atoms with van der Waals surface area (Å²) in [6.45, 7) is 4.00. The van der Waals surface area contributed by atoms with Crippen LogP contribution in [0.1, 0.15) is 12.7 Å². The first-order chi connectivity index (χ1) is 11.0. The molecule has 3 nitrogen and oxygen atoms in total. The van der Waals surface area contributed by atoms with Gasteiger partial charge in [-0.05, 0) is 38.1 Å². The standard InChI is InChI=1S/C18H14ClFO3/c1-3-22-11-7-8-12-15(9-11)23-10(2)16(18(12)21)17-13(19)5-4-6-14(17)20/h4-9H,3H2,1-2H3. The second-order valence-electron chi connectivity index (χ2n) is 5.05. The van der Waals surface area contributed by atoms with E-state index in [2.05, 4.69) is 0 Å². The number of hydrogen-bond acceptors (Lipinski definition) is 3. The molecule has 0 aliphatic rings. The Labute approximate surface area is 137 Å². The molecular formula is C18H14ClFO3. The van der Waals surface area contributed by atoms with Crippen LogP contribution in [0, 0.1) is 12.7 Å². The largest absolute Gasteiger partial charge is 0.494 e. The van der Waals surface area contributed by atoms with Gasteiger partial charge in [-0.2, -0.15) is 0 Å². The Bertz CT molecular complexity index is 927. The highest BCUT2D eigenvalue weighted by Crippen LogP contribution is 2.32. The zero-order chi connectivity index (χ0) is 16.6. The van der Waals surface area contributed by atoms with Crippen molar-refractivity contribution in [2.24, 2.45) is 0 Å². The average Bonchev–Trinajstić information content (AvgIpc) is 2.50. The minimum Gasteiger partial charge on any atom is -0.494 e. The highest BCUT2D eigenvalue weighted by Gasteiger charge is 2.19. The molecule has 0 aliphatic heterocycles. The third kappa shape index (κ3) is 2.70. The number of benzene rings is 2. The molecule has 0 amide bonds. The van der Waals surface area contributed by atoms with E-state index in [4.69, 9.17) is 20.8 Å². The molecule has 1 aromatic heterocycles. The predicted molar refractivity (Wildman–Crippen MR) is 88.8 cm³/mol. The highest BCUT2D eigenvalue weighted by molar-refractivity contribution is 6.33. The molecule has 2 aromatic carbocycles. The molecule has 118 valence electrons.